The lowest BCUT2D eigenvalue weighted by Crippen LogP contribution is -1.85. The molecule has 1 aromatic heterocycles. The standard InChI is InChI=1S/C12H7NO3S/c14-9-2-1-3-10-12(9)8-5-4-7(13(15)16)6-11(8)17-10/h1-6,14H. The van der Waals surface area contributed by atoms with Gasteiger partial charge < -0.3 is 5.11 Å². The minimum absolute atomic E-state index is 0.0727. The quantitative estimate of drug-likeness (QED) is 0.525. The molecular weight excluding hydrogens is 238 g/mol. The van der Waals surface area contributed by atoms with Crippen molar-refractivity contribution in [2.45, 2.75) is 0 Å². The van der Waals surface area contributed by atoms with E-state index in [1.54, 1.807) is 24.3 Å². The number of rotatable bonds is 1. The molecule has 0 atom stereocenters. The number of aromatic hydroxyl groups is 1. The molecule has 0 aliphatic heterocycles. The van der Waals surface area contributed by atoms with E-state index in [1.165, 1.54) is 17.4 Å². The summed E-state index contributed by atoms with van der Waals surface area (Å²) in [5.41, 5.74) is 0.0727. The highest BCUT2D eigenvalue weighted by Gasteiger charge is 2.12. The van der Waals surface area contributed by atoms with Gasteiger partial charge in [-0.1, -0.05) is 6.07 Å². The normalized spacial score (nSPS) is 11.1. The maximum absolute atomic E-state index is 10.7. The number of nitro benzene ring substituents is 1. The van der Waals surface area contributed by atoms with Gasteiger partial charge >= 0.3 is 0 Å². The monoisotopic (exact) mass is 245 g/mol. The van der Waals surface area contributed by atoms with Crippen LogP contribution in [0.5, 0.6) is 5.75 Å². The lowest BCUT2D eigenvalue weighted by atomic mass is 10.1. The smallest absolute Gasteiger partial charge is 0.270 e. The van der Waals surface area contributed by atoms with E-state index in [0.717, 1.165) is 20.2 Å². The molecule has 4 nitrogen and oxygen atoms in total. The highest BCUT2D eigenvalue weighted by atomic mass is 32.1. The minimum Gasteiger partial charge on any atom is -0.507 e. The highest BCUT2D eigenvalue weighted by Crippen LogP contribution is 2.39. The molecule has 3 aromatic rings. The maximum atomic E-state index is 10.7. The Balaban J connectivity index is 2.44. The highest BCUT2D eigenvalue weighted by molar-refractivity contribution is 7.25. The van der Waals surface area contributed by atoms with Gasteiger partial charge in [0, 0.05) is 32.3 Å². The maximum Gasteiger partial charge on any atom is 0.270 e. The minimum atomic E-state index is -0.413. The number of thiophene rings is 1. The number of nitro groups is 1. The van der Waals surface area contributed by atoms with Crippen molar-refractivity contribution in [3.63, 3.8) is 0 Å². The Kier molecular flexibility index (Phi) is 2.02. The van der Waals surface area contributed by atoms with Crippen LogP contribution in [0.4, 0.5) is 5.69 Å². The van der Waals surface area contributed by atoms with E-state index < -0.39 is 4.92 Å². The molecular formula is C12H7NO3S. The number of phenols is 1. The third-order valence-electron chi connectivity index (χ3n) is 2.67. The average Bonchev–Trinajstić information content (AvgIpc) is 2.67. The molecule has 0 bridgehead atoms. The van der Waals surface area contributed by atoms with Gasteiger partial charge in [-0.05, 0) is 18.2 Å². The Morgan fingerprint density at radius 2 is 2.00 bits per heavy atom. The largest absolute Gasteiger partial charge is 0.507 e. The molecule has 0 aliphatic rings. The summed E-state index contributed by atoms with van der Waals surface area (Å²) in [7, 11) is 0. The van der Waals surface area contributed by atoms with Gasteiger partial charge in [0.05, 0.1) is 4.92 Å². The van der Waals surface area contributed by atoms with E-state index >= 15 is 0 Å². The van der Waals surface area contributed by atoms with Crippen molar-refractivity contribution in [2.24, 2.45) is 0 Å². The summed E-state index contributed by atoms with van der Waals surface area (Å²) in [5, 5.41) is 22.1. The van der Waals surface area contributed by atoms with E-state index in [-0.39, 0.29) is 11.4 Å². The van der Waals surface area contributed by atoms with Crippen LogP contribution in [0.1, 0.15) is 0 Å². The van der Waals surface area contributed by atoms with Crippen molar-refractivity contribution in [3.05, 3.63) is 46.5 Å². The molecule has 3 rings (SSSR count). The number of non-ortho nitro benzene ring substituents is 1. The Hall–Kier alpha value is -2.14. The van der Waals surface area contributed by atoms with Gasteiger partial charge in [0.1, 0.15) is 5.75 Å². The molecule has 0 fully saturated rings. The molecule has 1 heterocycles. The van der Waals surface area contributed by atoms with Gasteiger partial charge in [0.25, 0.3) is 5.69 Å². The van der Waals surface area contributed by atoms with Gasteiger partial charge in [-0.25, -0.2) is 0 Å². The molecule has 84 valence electrons. The zero-order valence-electron chi connectivity index (χ0n) is 8.58. The van der Waals surface area contributed by atoms with E-state index in [2.05, 4.69) is 0 Å². The number of benzene rings is 2. The van der Waals surface area contributed by atoms with Gasteiger partial charge in [-0.2, -0.15) is 0 Å². The molecule has 17 heavy (non-hydrogen) atoms. The molecule has 0 radical (unpaired) electrons. The molecule has 0 amide bonds. The summed E-state index contributed by atoms with van der Waals surface area (Å²) in [6.45, 7) is 0. The van der Waals surface area contributed by atoms with Crippen LogP contribution in [-0.2, 0) is 0 Å². The molecule has 2 aromatic carbocycles. The number of nitrogens with zero attached hydrogens (tertiary/aromatic N) is 1. The molecule has 0 saturated heterocycles. The summed E-state index contributed by atoms with van der Waals surface area (Å²) >= 11 is 1.44. The van der Waals surface area contributed by atoms with Crippen LogP contribution in [-0.4, -0.2) is 10.0 Å². The molecule has 0 spiro atoms. The third kappa shape index (κ3) is 1.43. The van der Waals surface area contributed by atoms with Gasteiger partial charge in [0.15, 0.2) is 0 Å². The first kappa shape index (κ1) is 10.0. The fraction of sp³-hybridized carbons (Fsp3) is 0. The summed E-state index contributed by atoms with van der Waals surface area (Å²) in [6.07, 6.45) is 0. The predicted octanol–water partition coefficient (Wildman–Crippen LogP) is 3.67. The van der Waals surface area contributed by atoms with E-state index in [9.17, 15) is 15.2 Å². The summed E-state index contributed by atoms with van der Waals surface area (Å²) in [5.74, 6) is 0.211. The lowest BCUT2D eigenvalue weighted by Gasteiger charge is -1.95. The van der Waals surface area contributed by atoms with Crippen molar-refractivity contribution >= 4 is 37.2 Å². The average molecular weight is 245 g/mol. The SMILES string of the molecule is O=[N+]([O-])c1ccc2c(c1)sc1cccc(O)c12. The number of hydrogen-bond donors (Lipinski definition) is 1. The first-order valence-electron chi connectivity index (χ1n) is 4.95. The van der Waals surface area contributed by atoms with E-state index in [1.807, 2.05) is 6.07 Å². The fourth-order valence-electron chi connectivity index (χ4n) is 1.91. The van der Waals surface area contributed by atoms with Crippen LogP contribution >= 0.6 is 11.3 Å². The number of fused-ring (bicyclic) bond motifs is 3. The van der Waals surface area contributed by atoms with Crippen molar-refractivity contribution in [1.82, 2.24) is 0 Å². The Morgan fingerprint density at radius 1 is 1.18 bits per heavy atom. The van der Waals surface area contributed by atoms with Crippen LogP contribution in [0.3, 0.4) is 0 Å². The summed E-state index contributed by atoms with van der Waals surface area (Å²) in [6, 6.07) is 9.97. The number of hydrogen-bond acceptors (Lipinski definition) is 4. The van der Waals surface area contributed by atoms with Gasteiger partial charge in [-0.3, -0.25) is 10.1 Å². The molecule has 5 heteroatoms. The van der Waals surface area contributed by atoms with Crippen LogP contribution in [0.25, 0.3) is 20.2 Å². The second-order valence-electron chi connectivity index (χ2n) is 3.69. The van der Waals surface area contributed by atoms with Crippen LogP contribution in [0.2, 0.25) is 0 Å². The lowest BCUT2D eigenvalue weighted by molar-refractivity contribution is -0.384. The zero-order chi connectivity index (χ0) is 12.0. The van der Waals surface area contributed by atoms with Crippen molar-refractivity contribution in [2.75, 3.05) is 0 Å². The first-order chi connectivity index (χ1) is 8.16. The van der Waals surface area contributed by atoms with Crippen LogP contribution < -0.4 is 0 Å². The van der Waals surface area contributed by atoms with E-state index in [4.69, 9.17) is 0 Å². The molecule has 0 aliphatic carbocycles. The molecule has 0 unspecified atom stereocenters. The number of phenolic OH excluding ortho intramolecular Hbond substituents is 1. The van der Waals surface area contributed by atoms with Crippen LogP contribution in [0, 0.1) is 10.1 Å². The summed E-state index contributed by atoms with van der Waals surface area (Å²) in [4.78, 5) is 10.3. The second-order valence-corrected chi connectivity index (χ2v) is 4.77. The van der Waals surface area contributed by atoms with E-state index in [0.29, 0.717) is 0 Å². The third-order valence-corrected chi connectivity index (χ3v) is 3.79. The molecule has 1 N–H and O–H groups in total. The van der Waals surface area contributed by atoms with Crippen LogP contribution in [0.15, 0.2) is 36.4 Å². The zero-order valence-corrected chi connectivity index (χ0v) is 9.40. The fourth-order valence-corrected chi connectivity index (χ4v) is 3.07. The first-order valence-corrected chi connectivity index (χ1v) is 5.77. The summed E-state index contributed by atoms with van der Waals surface area (Å²) < 4.78 is 1.75. The molecule has 0 saturated carbocycles. The van der Waals surface area contributed by atoms with Crippen molar-refractivity contribution < 1.29 is 10.0 Å². The van der Waals surface area contributed by atoms with Crippen molar-refractivity contribution in [1.29, 1.82) is 0 Å². The van der Waals surface area contributed by atoms with Crippen molar-refractivity contribution in [3.8, 4) is 5.75 Å². The predicted molar refractivity (Wildman–Crippen MR) is 67.7 cm³/mol. The Morgan fingerprint density at radius 3 is 2.76 bits per heavy atom. The van der Waals surface area contributed by atoms with Gasteiger partial charge in [-0.15, -0.1) is 11.3 Å². The Bertz CT molecular complexity index is 748. The Labute approximate surface area is 99.9 Å². The topological polar surface area (TPSA) is 63.4 Å². The second kappa shape index (κ2) is 3.43. The van der Waals surface area contributed by atoms with Gasteiger partial charge in [0.2, 0.25) is 0 Å².